The van der Waals surface area contributed by atoms with E-state index in [1.807, 2.05) is 0 Å². The van der Waals surface area contributed by atoms with Crippen molar-refractivity contribution >= 4 is 55.6 Å². The topological polar surface area (TPSA) is 130 Å². The van der Waals surface area contributed by atoms with Crippen molar-refractivity contribution in [3.05, 3.63) is 58.6 Å². The minimum atomic E-state index is -3.85. The molecule has 35 heavy (non-hydrogen) atoms. The van der Waals surface area contributed by atoms with Crippen LogP contribution in [0.2, 0.25) is 0 Å². The first-order valence-electron chi connectivity index (χ1n) is 11.0. The molecule has 0 saturated carbocycles. The standard InChI is InChI=1S/C23H21N5O5S2/c1-14-24-25-23(34-14)26-35(32,33)18-8-9-19-16(13-18)3-2-12-27(19)22(31)15-4-6-17(7-5-15)28-20(29)10-11-21(28)30/h4-9,13H,2-3,10-12H2,1H3,(H,25,26). The maximum atomic E-state index is 13.3. The van der Waals surface area contributed by atoms with E-state index in [0.29, 0.717) is 41.3 Å². The van der Waals surface area contributed by atoms with E-state index >= 15 is 0 Å². The van der Waals surface area contributed by atoms with Crippen LogP contribution >= 0.6 is 11.3 Å². The minimum Gasteiger partial charge on any atom is -0.308 e. The van der Waals surface area contributed by atoms with Crippen LogP contribution in [0.25, 0.3) is 0 Å². The van der Waals surface area contributed by atoms with Crippen LogP contribution in [0.15, 0.2) is 47.4 Å². The van der Waals surface area contributed by atoms with E-state index in [1.54, 1.807) is 48.2 Å². The average Bonchev–Trinajstić information content (AvgIpc) is 3.41. The molecule has 2 aromatic carbocycles. The van der Waals surface area contributed by atoms with E-state index in [9.17, 15) is 22.8 Å². The van der Waals surface area contributed by atoms with Crippen LogP contribution < -0.4 is 14.5 Å². The molecule has 3 aromatic rings. The minimum absolute atomic E-state index is 0.0858. The van der Waals surface area contributed by atoms with Crippen LogP contribution in [0.5, 0.6) is 0 Å². The molecule has 1 saturated heterocycles. The third kappa shape index (κ3) is 4.42. The number of carbonyl (C=O) groups is 3. The number of nitrogens with one attached hydrogen (secondary N) is 1. The molecule has 3 heterocycles. The van der Waals surface area contributed by atoms with E-state index in [1.165, 1.54) is 6.07 Å². The Morgan fingerprint density at radius 3 is 2.37 bits per heavy atom. The molecule has 0 bridgehead atoms. The first-order chi connectivity index (χ1) is 16.7. The molecule has 1 aromatic heterocycles. The first-order valence-corrected chi connectivity index (χ1v) is 13.3. The number of sulfonamides is 1. The van der Waals surface area contributed by atoms with Crippen molar-refractivity contribution in [1.29, 1.82) is 0 Å². The lowest BCUT2D eigenvalue weighted by Gasteiger charge is -2.30. The zero-order chi connectivity index (χ0) is 24.7. The lowest BCUT2D eigenvalue weighted by atomic mass is 10.0. The number of aromatic nitrogens is 2. The Kier molecular flexibility index (Phi) is 5.85. The number of aryl methyl sites for hydroxylation is 2. The molecule has 0 aliphatic carbocycles. The first kappa shape index (κ1) is 23.1. The molecule has 2 aliphatic heterocycles. The van der Waals surface area contributed by atoms with Crippen LogP contribution in [0, 0.1) is 6.92 Å². The largest absolute Gasteiger partial charge is 0.308 e. The van der Waals surface area contributed by atoms with Crippen molar-refractivity contribution < 1.29 is 22.8 Å². The highest BCUT2D eigenvalue weighted by Gasteiger charge is 2.31. The van der Waals surface area contributed by atoms with Gasteiger partial charge < -0.3 is 4.90 Å². The van der Waals surface area contributed by atoms with Gasteiger partial charge in [0.2, 0.25) is 16.9 Å². The molecule has 1 fully saturated rings. The van der Waals surface area contributed by atoms with E-state index < -0.39 is 10.0 Å². The van der Waals surface area contributed by atoms with Gasteiger partial charge in [0.05, 0.1) is 10.6 Å². The summed E-state index contributed by atoms with van der Waals surface area (Å²) in [5.74, 6) is -0.740. The van der Waals surface area contributed by atoms with Gasteiger partial charge in [-0.3, -0.25) is 24.0 Å². The molecule has 0 unspecified atom stereocenters. The van der Waals surface area contributed by atoms with Gasteiger partial charge in [-0.25, -0.2) is 8.42 Å². The third-order valence-corrected chi connectivity index (χ3v) is 8.12. The number of anilines is 3. The number of rotatable bonds is 5. The van der Waals surface area contributed by atoms with Crippen LogP contribution in [0.4, 0.5) is 16.5 Å². The van der Waals surface area contributed by atoms with Gasteiger partial charge in [-0.15, -0.1) is 10.2 Å². The molecule has 0 radical (unpaired) electrons. The fourth-order valence-electron chi connectivity index (χ4n) is 4.24. The Morgan fingerprint density at radius 1 is 1.00 bits per heavy atom. The summed E-state index contributed by atoms with van der Waals surface area (Å²) in [7, 11) is -3.85. The number of carbonyl (C=O) groups excluding carboxylic acids is 3. The number of hydrogen-bond donors (Lipinski definition) is 1. The lowest BCUT2D eigenvalue weighted by molar-refractivity contribution is -0.121. The normalized spacial score (nSPS) is 15.9. The number of imide groups is 1. The Bertz CT molecular complexity index is 1430. The lowest BCUT2D eigenvalue weighted by Crippen LogP contribution is -2.35. The predicted octanol–water partition coefficient (Wildman–Crippen LogP) is 2.89. The van der Waals surface area contributed by atoms with Crippen LogP contribution in [0.1, 0.15) is 40.2 Å². The summed E-state index contributed by atoms with van der Waals surface area (Å²) < 4.78 is 28.1. The Morgan fingerprint density at radius 2 is 1.71 bits per heavy atom. The summed E-state index contributed by atoms with van der Waals surface area (Å²) >= 11 is 1.14. The van der Waals surface area contributed by atoms with Gasteiger partial charge in [0.1, 0.15) is 5.01 Å². The van der Waals surface area contributed by atoms with Crippen LogP contribution in [-0.4, -0.2) is 42.9 Å². The van der Waals surface area contributed by atoms with E-state index in [2.05, 4.69) is 14.9 Å². The number of amides is 3. The summed E-state index contributed by atoms with van der Waals surface area (Å²) in [5, 5.41) is 8.47. The Labute approximate surface area is 205 Å². The van der Waals surface area contributed by atoms with Crippen molar-refractivity contribution in [1.82, 2.24) is 10.2 Å². The molecule has 2 aliphatic rings. The molecular formula is C23H21N5O5S2. The average molecular weight is 512 g/mol. The molecular weight excluding hydrogens is 490 g/mol. The Balaban J connectivity index is 1.38. The van der Waals surface area contributed by atoms with Crippen molar-refractivity contribution in [3.8, 4) is 0 Å². The maximum Gasteiger partial charge on any atom is 0.263 e. The van der Waals surface area contributed by atoms with E-state index in [4.69, 9.17) is 0 Å². The van der Waals surface area contributed by atoms with Gasteiger partial charge >= 0.3 is 0 Å². The van der Waals surface area contributed by atoms with Gasteiger partial charge in [0.25, 0.3) is 15.9 Å². The van der Waals surface area contributed by atoms with Crippen LogP contribution in [0.3, 0.4) is 0 Å². The zero-order valence-electron chi connectivity index (χ0n) is 18.7. The maximum absolute atomic E-state index is 13.3. The van der Waals surface area contributed by atoms with E-state index in [-0.39, 0.29) is 40.6 Å². The number of nitrogens with zero attached hydrogens (tertiary/aromatic N) is 4. The second kappa shape index (κ2) is 8.86. The Hall–Kier alpha value is -3.64. The molecule has 3 amide bonds. The highest BCUT2D eigenvalue weighted by molar-refractivity contribution is 7.93. The molecule has 12 heteroatoms. The molecule has 180 valence electrons. The second-order valence-corrected chi connectivity index (χ2v) is 11.1. The monoisotopic (exact) mass is 511 g/mol. The number of fused-ring (bicyclic) bond motifs is 1. The summed E-state index contributed by atoms with van der Waals surface area (Å²) in [6.45, 7) is 2.23. The summed E-state index contributed by atoms with van der Waals surface area (Å²) in [4.78, 5) is 40.1. The number of hydrogen-bond acceptors (Lipinski definition) is 8. The van der Waals surface area contributed by atoms with Crippen LogP contribution in [-0.2, 0) is 26.0 Å². The molecule has 0 atom stereocenters. The molecule has 5 rings (SSSR count). The highest BCUT2D eigenvalue weighted by Crippen LogP contribution is 2.32. The predicted molar refractivity (Wildman–Crippen MR) is 130 cm³/mol. The quantitative estimate of drug-likeness (QED) is 0.521. The van der Waals surface area contributed by atoms with Crippen molar-refractivity contribution in [2.24, 2.45) is 0 Å². The second-order valence-electron chi connectivity index (χ2n) is 8.25. The fourth-order valence-corrected chi connectivity index (χ4v) is 6.11. The summed E-state index contributed by atoms with van der Waals surface area (Å²) in [6.07, 6.45) is 1.70. The summed E-state index contributed by atoms with van der Waals surface area (Å²) in [5.41, 5.74) is 2.26. The smallest absolute Gasteiger partial charge is 0.263 e. The SMILES string of the molecule is Cc1nnc(NS(=O)(=O)c2ccc3c(c2)CCCN3C(=O)c2ccc(N3C(=O)CCC3=O)cc2)s1. The van der Waals surface area contributed by atoms with Crippen molar-refractivity contribution in [3.63, 3.8) is 0 Å². The molecule has 10 nitrogen and oxygen atoms in total. The highest BCUT2D eigenvalue weighted by atomic mass is 32.2. The number of benzene rings is 2. The fraction of sp³-hybridized carbons (Fsp3) is 0.261. The molecule has 0 spiro atoms. The zero-order valence-corrected chi connectivity index (χ0v) is 20.4. The van der Waals surface area contributed by atoms with Gasteiger partial charge in [-0.2, -0.15) is 0 Å². The van der Waals surface area contributed by atoms with Gasteiger partial charge in [0, 0.05) is 30.6 Å². The third-order valence-electron chi connectivity index (χ3n) is 5.90. The summed E-state index contributed by atoms with van der Waals surface area (Å²) in [6, 6.07) is 11.1. The van der Waals surface area contributed by atoms with Gasteiger partial charge in [0.15, 0.2) is 0 Å². The van der Waals surface area contributed by atoms with Gasteiger partial charge in [-0.1, -0.05) is 11.3 Å². The van der Waals surface area contributed by atoms with Gasteiger partial charge in [-0.05, 0) is 67.8 Å². The van der Waals surface area contributed by atoms with Crippen molar-refractivity contribution in [2.75, 3.05) is 21.1 Å². The van der Waals surface area contributed by atoms with Crippen molar-refractivity contribution in [2.45, 2.75) is 37.5 Å². The van der Waals surface area contributed by atoms with E-state index in [0.717, 1.165) is 21.8 Å². The molecule has 1 N–H and O–H groups in total.